The first-order valence-corrected chi connectivity index (χ1v) is 38.5. The molecule has 2 aliphatic carbocycles. The normalized spacial score (nSPS) is 16.3. The number of nitrogens with one attached hydrogen (secondary N) is 1. The Labute approximate surface area is 637 Å². The average molecular weight is 1410 g/mol. The molecule has 3 fully saturated rings. The quantitative estimate of drug-likeness (QED) is 0.162. The minimum Gasteiger partial charge on any atom is -0.312 e. The van der Waals surface area contributed by atoms with Crippen LogP contribution in [0, 0.1) is 162 Å². The summed E-state index contributed by atoms with van der Waals surface area (Å²) in [4.78, 5) is 24.3. The van der Waals surface area contributed by atoms with Crippen LogP contribution in [0.4, 0.5) is 0 Å². The summed E-state index contributed by atoms with van der Waals surface area (Å²) in [5.41, 5.74) is 25.2. The SMILES string of the molecule is CC1CCCC(C)C1.CC1CCCC(C)N1.CC1CCCCC1C.Cc1cccc(C)c1.Cc1cccc(C)n1.Cc1ccccc1C.Cc1ccccc1C.Cc1ccccc1C.Cc1cccnc1C.Cc1ccnc(C)c1.Cc1ccnc(C)c1.Cc1ccncc1C.Cc1cncc(C)c1. The number of nitrogens with zero attached hydrogens (tertiary/aromatic N) is 6. The molecule has 0 bridgehead atoms. The van der Waals surface area contributed by atoms with Crippen molar-refractivity contribution in [3.8, 4) is 0 Å². The molecule has 2 saturated carbocycles. The highest BCUT2D eigenvalue weighted by Crippen LogP contribution is 2.29. The molecule has 3 aliphatic rings. The Morgan fingerprint density at radius 1 is 0.269 bits per heavy atom. The van der Waals surface area contributed by atoms with Crippen LogP contribution in [0.1, 0.15) is 224 Å². The van der Waals surface area contributed by atoms with E-state index in [1.807, 2.05) is 134 Å². The van der Waals surface area contributed by atoms with Gasteiger partial charge < -0.3 is 5.32 Å². The Balaban J connectivity index is 0.000000563. The molecule has 564 valence electrons. The lowest BCUT2D eigenvalue weighted by atomic mass is 9.82. The number of aryl methyl sites for hydroxylation is 20. The monoisotopic (exact) mass is 1400 g/mol. The molecule has 6 aromatic heterocycles. The van der Waals surface area contributed by atoms with Gasteiger partial charge in [-0.3, -0.25) is 29.9 Å². The number of piperidine rings is 1. The lowest BCUT2D eigenvalue weighted by Gasteiger charge is -2.25. The number of benzene rings is 4. The highest BCUT2D eigenvalue weighted by Gasteiger charge is 2.16. The van der Waals surface area contributed by atoms with E-state index in [1.54, 1.807) is 0 Å². The highest BCUT2D eigenvalue weighted by molar-refractivity contribution is 5.26. The molecule has 0 amide bonds. The maximum atomic E-state index is 4.17. The van der Waals surface area contributed by atoms with Gasteiger partial charge in [0.05, 0.1) is 0 Å². The van der Waals surface area contributed by atoms with Crippen molar-refractivity contribution in [1.29, 1.82) is 0 Å². The molecule has 104 heavy (non-hydrogen) atoms. The van der Waals surface area contributed by atoms with Gasteiger partial charge in [0.1, 0.15) is 0 Å². The topological polar surface area (TPSA) is 89.4 Å². The highest BCUT2D eigenvalue weighted by atomic mass is 14.9. The van der Waals surface area contributed by atoms with E-state index in [1.165, 1.54) is 154 Å². The number of pyridine rings is 6. The summed E-state index contributed by atoms with van der Waals surface area (Å²) in [7, 11) is 0. The Hall–Kier alpha value is -8.26. The maximum absolute atomic E-state index is 4.17. The van der Waals surface area contributed by atoms with Crippen molar-refractivity contribution >= 4 is 0 Å². The van der Waals surface area contributed by atoms with E-state index in [9.17, 15) is 0 Å². The van der Waals surface area contributed by atoms with Crippen molar-refractivity contribution in [3.63, 3.8) is 0 Å². The van der Waals surface area contributed by atoms with Crippen LogP contribution in [0.5, 0.6) is 0 Å². The smallest absolute Gasteiger partial charge is 0.0401 e. The summed E-state index contributed by atoms with van der Waals surface area (Å²) in [5.74, 6) is 4.03. The van der Waals surface area contributed by atoms with Crippen LogP contribution in [0.2, 0.25) is 0 Å². The molecule has 13 rings (SSSR count). The first-order valence-electron chi connectivity index (χ1n) is 38.5. The molecule has 7 heterocycles. The van der Waals surface area contributed by atoms with E-state index in [0.29, 0.717) is 0 Å². The van der Waals surface area contributed by atoms with Crippen LogP contribution in [0.25, 0.3) is 0 Å². The van der Waals surface area contributed by atoms with Gasteiger partial charge in [-0.25, -0.2) is 0 Å². The van der Waals surface area contributed by atoms with E-state index in [-0.39, 0.29) is 0 Å². The summed E-state index contributed by atoms with van der Waals surface area (Å²) >= 11 is 0. The van der Waals surface area contributed by atoms with Gasteiger partial charge in [-0.05, 0) is 316 Å². The first kappa shape index (κ1) is 93.8. The number of aromatic nitrogens is 6. The zero-order valence-corrected chi connectivity index (χ0v) is 70.1. The lowest BCUT2D eigenvalue weighted by molar-refractivity contribution is 0.277. The molecule has 1 aliphatic heterocycles. The van der Waals surface area contributed by atoms with Crippen LogP contribution >= 0.6 is 0 Å². The Morgan fingerprint density at radius 2 is 0.635 bits per heavy atom. The van der Waals surface area contributed by atoms with E-state index in [4.69, 9.17) is 0 Å². The molecule has 1 saturated heterocycles. The van der Waals surface area contributed by atoms with Gasteiger partial charge in [0.15, 0.2) is 0 Å². The molecule has 10 aromatic rings. The Bertz CT molecular complexity index is 3070. The molecule has 0 radical (unpaired) electrons. The minimum atomic E-state index is 0.763. The second kappa shape index (κ2) is 56.2. The molecule has 7 heteroatoms. The van der Waals surface area contributed by atoms with Gasteiger partial charge in [-0.2, -0.15) is 0 Å². The van der Waals surface area contributed by atoms with Crippen molar-refractivity contribution in [2.45, 2.75) is 263 Å². The van der Waals surface area contributed by atoms with E-state index < -0.39 is 0 Å². The van der Waals surface area contributed by atoms with Crippen molar-refractivity contribution in [2.24, 2.45) is 23.7 Å². The minimum absolute atomic E-state index is 0.763. The number of hydrogen-bond donors (Lipinski definition) is 1. The van der Waals surface area contributed by atoms with E-state index >= 15 is 0 Å². The van der Waals surface area contributed by atoms with Crippen LogP contribution < -0.4 is 5.32 Å². The predicted molar refractivity (Wildman–Crippen MR) is 455 cm³/mol. The second-order valence-electron chi connectivity index (χ2n) is 29.7. The third kappa shape index (κ3) is 49.4. The molecule has 0 spiro atoms. The first-order chi connectivity index (χ1) is 49.3. The van der Waals surface area contributed by atoms with Crippen molar-refractivity contribution in [2.75, 3.05) is 0 Å². The summed E-state index contributed by atoms with van der Waals surface area (Å²) in [6.07, 6.45) is 28.8. The molecule has 4 aromatic carbocycles. The summed E-state index contributed by atoms with van der Waals surface area (Å²) < 4.78 is 0. The molecular weight excluding hydrogens is 1260 g/mol. The number of hydrogen-bond acceptors (Lipinski definition) is 7. The van der Waals surface area contributed by atoms with Crippen LogP contribution in [0.3, 0.4) is 0 Å². The van der Waals surface area contributed by atoms with Crippen LogP contribution in [-0.4, -0.2) is 42.0 Å². The molecular formula is C97H141N7. The maximum Gasteiger partial charge on any atom is 0.0401 e. The fourth-order valence-electron chi connectivity index (χ4n) is 11.3. The fourth-order valence-corrected chi connectivity index (χ4v) is 11.3. The van der Waals surface area contributed by atoms with Gasteiger partial charge in [0.2, 0.25) is 0 Å². The van der Waals surface area contributed by atoms with E-state index in [2.05, 4.69) is 288 Å². The third-order valence-corrected chi connectivity index (χ3v) is 18.7. The molecule has 6 unspecified atom stereocenters. The zero-order chi connectivity index (χ0) is 77.8. The summed E-state index contributed by atoms with van der Waals surface area (Å²) in [6, 6.07) is 57.3. The van der Waals surface area contributed by atoms with Crippen LogP contribution in [-0.2, 0) is 0 Å². The third-order valence-electron chi connectivity index (χ3n) is 18.7. The van der Waals surface area contributed by atoms with Gasteiger partial charge in [-0.1, -0.05) is 205 Å². The standard InChI is InChI=1S/C8H16.C8H10.C8H16.3C8H10.5C7H9N.C7H15N.C7H9N/c2*1-7-4-3-5-8(2)6-7;4*1-7-5-3-4-6-8(7)2;1-6-3-7(2)5-8-4-6;1-6-3-4-8-5-7(6)2;2*1-6-3-4-8-7(2)5-6;1-6-4-3-5-8-7(6)2;2*1-6-4-3-5-7(2)8-6/h7-8H,3-6H2,1-2H3;3-6H,1-2H3;7-8H,3-6H2,1-2H3;3*3-6H,1-2H3;5*3-5H,1-2H3;6-8H,3-5H2,1-2H3;3-5H,1-2H3. The lowest BCUT2D eigenvalue weighted by Crippen LogP contribution is -2.38. The van der Waals surface area contributed by atoms with Crippen molar-refractivity contribution < 1.29 is 0 Å². The van der Waals surface area contributed by atoms with Gasteiger partial charge in [0, 0.05) is 83.9 Å². The Kier molecular flexibility index (Phi) is 50.6. The zero-order valence-electron chi connectivity index (χ0n) is 70.1. The van der Waals surface area contributed by atoms with Crippen molar-refractivity contribution in [1.82, 2.24) is 35.2 Å². The molecule has 7 nitrogen and oxygen atoms in total. The van der Waals surface area contributed by atoms with Crippen molar-refractivity contribution in [3.05, 3.63) is 319 Å². The average Bonchev–Trinajstić information content (AvgIpc) is 1.49. The predicted octanol–water partition coefficient (Wildman–Crippen LogP) is 26.6. The molecule has 6 atom stereocenters. The largest absolute Gasteiger partial charge is 0.312 e. The fraction of sp³-hybridized carbons (Fsp3) is 0.443. The second-order valence-corrected chi connectivity index (χ2v) is 29.7. The van der Waals surface area contributed by atoms with Gasteiger partial charge in [0.25, 0.3) is 0 Å². The summed E-state index contributed by atoms with van der Waals surface area (Å²) in [5, 5.41) is 3.48. The molecule has 1 N–H and O–H groups in total. The Morgan fingerprint density at radius 3 is 0.856 bits per heavy atom. The van der Waals surface area contributed by atoms with Gasteiger partial charge in [-0.15, -0.1) is 0 Å². The van der Waals surface area contributed by atoms with Crippen LogP contribution in [0.15, 0.2) is 207 Å². The van der Waals surface area contributed by atoms with E-state index in [0.717, 1.165) is 64.2 Å². The number of rotatable bonds is 0. The summed E-state index contributed by atoms with van der Waals surface area (Å²) in [6.45, 7) is 55.3. The van der Waals surface area contributed by atoms with Gasteiger partial charge >= 0.3 is 0 Å².